The second-order valence-electron chi connectivity index (χ2n) is 13.6. The number of hydrogen-bond donors (Lipinski definition) is 0. The highest BCUT2D eigenvalue weighted by atomic mass is 19.4. The van der Waals surface area contributed by atoms with Crippen LogP contribution in [0.2, 0.25) is 0 Å². The van der Waals surface area contributed by atoms with E-state index in [1.54, 1.807) is 12.8 Å². The summed E-state index contributed by atoms with van der Waals surface area (Å²) in [5.74, 6) is 4.60. The first-order valence-electron chi connectivity index (χ1n) is 15.9. The number of halogens is 3. The normalized spacial score (nSPS) is 34.6. The predicted molar refractivity (Wildman–Crippen MR) is 159 cm³/mol. The summed E-state index contributed by atoms with van der Waals surface area (Å²) < 4.78 is 40.6. The van der Waals surface area contributed by atoms with Crippen LogP contribution in [0.5, 0.6) is 0 Å². The summed E-state index contributed by atoms with van der Waals surface area (Å²) in [5.41, 5.74) is 4.20. The second-order valence-corrected chi connectivity index (χ2v) is 13.6. The van der Waals surface area contributed by atoms with Gasteiger partial charge in [0, 0.05) is 43.5 Å². The number of rotatable bonds is 4. The molecule has 1 unspecified atom stereocenters. The molecule has 0 aromatic heterocycles. The Morgan fingerprint density at radius 3 is 2.48 bits per heavy atom. The van der Waals surface area contributed by atoms with E-state index in [1.807, 2.05) is 6.08 Å². The third-order valence-corrected chi connectivity index (χ3v) is 11.5. The van der Waals surface area contributed by atoms with Gasteiger partial charge in [0.25, 0.3) is 0 Å². The largest absolute Gasteiger partial charge is 0.457 e. The van der Waals surface area contributed by atoms with E-state index in [0.717, 1.165) is 37.1 Å². The number of ketones is 2. The highest BCUT2D eigenvalue weighted by molar-refractivity contribution is 5.93. The SMILES string of the molecule is CCC(=O)[C@@]1(C#CC(F)(F)F)CC[C@H]2[C@@H]3CC(C)C4=CC(=O)CCC4=C3[C@@H](c3ccc(N4CCCCC4)cc3)C[C@@]21C. The van der Waals surface area contributed by atoms with Gasteiger partial charge in [-0.2, -0.15) is 13.2 Å². The first-order valence-corrected chi connectivity index (χ1v) is 15.9. The lowest BCUT2D eigenvalue weighted by atomic mass is 9.47. The maximum atomic E-state index is 13.7. The minimum absolute atomic E-state index is 0.0272. The Kier molecular flexibility index (Phi) is 7.47. The summed E-state index contributed by atoms with van der Waals surface area (Å²) in [5, 5.41) is 0. The van der Waals surface area contributed by atoms with Crippen molar-refractivity contribution in [1.29, 1.82) is 0 Å². The number of fused-ring (bicyclic) bond motifs is 4. The summed E-state index contributed by atoms with van der Waals surface area (Å²) in [7, 11) is 0. The number of benzene rings is 1. The number of carbonyl (C=O) groups is 2. The van der Waals surface area contributed by atoms with Gasteiger partial charge in [-0.25, -0.2) is 0 Å². The number of nitrogens with zero attached hydrogens (tertiary/aromatic N) is 1. The number of Topliss-reactive ketones (excluding diaryl/α,β-unsaturated/α-hetero) is 1. The van der Waals surface area contributed by atoms with Crippen LogP contribution in [0.15, 0.2) is 47.1 Å². The van der Waals surface area contributed by atoms with Gasteiger partial charge in [0.05, 0.1) is 5.41 Å². The monoisotopic (exact) mass is 577 g/mol. The van der Waals surface area contributed by atoms with E-state index in [2.05, 4.69) is 48.9 Å². The molecule has 6 rings (SSSR count). The molecule has 1 aliphatic heterocycles. The molecule has 3 nitrogen and oxygen atoms in total. The first kappa shape index (κ1) is 29.3. The van der Waals surface area contributed by atoms with Crippen LogP contribution in [0.1, 0.15) is 96.5 Å². The first-order chi connectivity index (χ1) is 20.0. The minimum Gasteiger partial charge on any atom is -0.372 e. The van der Waals surface area contributed by atoms with E-state index >= 15 is 0 Å². The number of hydrogen-bond acceptors (Lipinski definition) is 3. The number of alkyl halides is 3. The molecule has 4 aliphatic carbocycles. The third-order valence-electron chi connectivity index (χ3n) is 11.5. The molecule has 6 heteroatoms. The molecule has 0 N–H and O–H groups in total. The summed E-state index contributed by atoms with van der Waals surface area (Å²) in [4.78, 5) is 28.7. The Morgan fingerprint density at radius 2 is 1.81 bits per heavy atom. The number of piperidine rings is 1. The van der Waals surface area contributed by atoms with Gasteiger partial charge < -0.3 is 4.90 Å². The summed E-state index contributed by atoms with van der Waals surface area (Å²) >= 11 is 0. The van der Waals surface area contributed by atoms with Crippen molar-refractivity contribution in [3.05, 3.63) is 52.6 Å². The zero-order valence-corrected chi connectivity index (χ0v) is 25.1. The van der Waals surface area contributed by atoms with Crippen molar-refractivity contribution in [2.24, 2.45) is 28.6 Å². The van der Waals surface area contributed by atoms with Gasteiger partial charge in [-0.05, 0) is 109 Å². The zero-order chi connectivity index (χ0) is 29.9. The van der Waals surface area contributed by atoms with E-state index in [9.17, 15) is 22.8 Å². The minimum atomic E-state index is -4.64. The number of allylic oxidation sites excluding steroid dienone is 4. The lowest BCUT2D eigenvalue weighted by Gasteiger charge is -2.55. The van der Waals surface area contributed by atoms with Crippen molar-refractivity contribution in [2.75, 3.05) is 18.0 Å². The van der Waals surface area contributed by atoms with Gasteiger partial charge in [-0.15, -0.1) is 0 Å². The standard InChI is InChI=1S/C36H42F3NO2/c1-4-32(42)35(16-17-36(37,38)39)15-14-31-29-20-23(2)28-21-26(41)12-13-27(28)33(29)30(22-34(31,35)3)24-8-10-25(11-9-24)40-18-6-5-7-19-40/h8-11,21,23,29-31H,4-7,12-15,18-20,22H2,1-3H3/t23?,29-,30+,31-,34-,35-/m0/s1. The average molecular weight is 578 g/mol. The van der Waals surface area contributed by atoms with Crippen molar-refractivity contribution in [2.45, 2.75) is 97.1 Å². The van der Waals surface area contributed by atoms with Gasteiger partial charge in [0.15, 0.2) is 11.6 Å². The molecule has 0 spiro atoms. The molecule has 2 saturated carbocycles. The summed E-state index contributed by atoms with van der Waals surface area (Å²) in [6, 6.07) is 8.81. The molecule has 0 radical (unpaired) electrons. The van der Waals surface area contributed by atoms with Crippen molar-refractivity contribution >= 4 is 17.3 Å². The highest BCUT2D eigenvalue weighted by Crippen LogP contribution is 2.70. The Balaban J connectivity index is 1.50. The Bertz CT molecular complexity index is 1390. The molecule has 1 aromatic carbocycles. The third kappa shape index (κ3) is 4.76. The van der Waals surface area contributed by atoms with E-state index in [4.69, 9.17) is 0 Å². The van der Waals surface area contributed by atoms with Gasteiger partial charge >= 0.3 is 6.18 Å². The zero-order valence-electron chi connectivity index (χ0n) is 25.1. The predicted octanol–water partition coefficient (Wildman–Crippen LogP) is 8.35. The Labute approximate surface area is 248 Å². The number of anilines is 1. The summed E-state index contributed by atoms with van der Waals surface area (Å²) in [6.45, 7) is 8.11. The lowest BCUT2D eigenvalue weighted by molar-refractivity contribution is -0.132. The fourth-order valence-electron chi connectivity index (χ4n) is 9.56. The molecular weight excluding hydrogens is 535 g/mol. The van der Waals surface area contributed by atoms with E-state index in [0.29, 0.717) is 25.7 Å². The van der Waals surface area contributed by atoms with Crippen LogP contribution in [0.25, 0.3) is 0 Å². The second kappa shape index (κ2) is 10.7. The maximum Gasteiger partial charge on any atom is 0.457 e. The quantitative estimate of drug-likeness (QED) is 0.338. The summed E-state index contributed by atoms with van der Waals surface area (Å²) in [6.07, 6.45) is 4.77. The van der Waals surface area contributed by atoms with Gasteiger partial charge in [0.2, 0.25) is 0 Å². The van der Waals surface area contributed by atoms with E-state index in [1.165, 1.54) is 36.1 Å². The molecule has 224 valence electrons. The fourth-order valence-corrected chi connectivity index (χ4v) is 9.56. The van der Waals surface area contributed by atoms with Crippen LogP contribution < -0.4 is 4.90 Å². The maximum absolute atomic E-state index is 13.7. The molecule has 6 atom stereocenters. The highest BCUT2D eigenvalue weighted by Gasteiger charge is 2.65. The Hall–Kier alpha value is -2.81. The molecule has 0 amide bonds. The average Bonchev–Trinajstić information content (AvgIpc) is 3.28. The van der Waals surface area contributed by atoms with Crippen LogP contribution in [-0.2, 0) is 9.59 Å². The van der Waals surface area contributed by atoms with Crippen molar-refractivity contribution < 1.29 is 22.8 Å². The molecule has 1 aromatic rings. The van der Waals surface area contributed by atoms with Crippen LogP contribution in [0.4, 0.5) is 18.9 Å². The van der Waals surface area contributed by atoms with Crippen LogP contribution >= 0.6 is 0 Å². The van der Waals surface area contributed by atoms with E-state index in [-0.39, 0.29) is 41.7 Å². The van der Waals surface area contributed by atoms with Gasteiger partial charge in [-0.1, -0.05) is 44.4 Å². The molecule has 3 fully saturated rings. The van der Waals surface area contributed by atoms with Crippen molar-refractivity contribution in [1.82, 2.24) is 0 Å². The number of carbonyl (C=O) groups excluding carboxylic acids is 2. The Morgan fingerprint density at radius 1 is 1.10 bits per heavy atom. The van der Waals surface area contributed by atoms with Crippen LogP contribution in [-0.4, -0.2) is 30.8 Å². The molecular formula is C36H42F3NO2. The van der Waals surface area contributed by atoms with Crippen molar-refractivity contribution in [3.8, 4) is 11.8 Å². The van der Waals surface area contributed by atoms with E-state index < -0.39 is 17.0 Å². The smallest absolute Gasteiger partial charge is 0.372 e. The lowest BCUT2D eigenvalue weighted by Crippen LogP contribution is -2.51. The van der Waals surface area contributed by atoms with Crippen LogP contribution in [0.3, 0.4) is 0 Å². The van der Waals surface area contributed by atoms with Crippen molar-refractivity contribution in [3.63, 3.8) is 0 Å². The molecule has 1 saturated heterocycles. The fraction of sp³-hybridized carbons (Fsp3) is 0.611. The van der Waals surface area contributed by atoms with Gasteiger partial charge in [-0.3, -0.25) is 9.59 Å². The molecule has 1 heterocycles. The van der Waals surface area contributed by atoms with Crippen LogP contribution in [0, 0.1) is 40.4 Å². The molecule has 5 aliphatic rings. The topological polar surface area (TPSA) is 37.4 Å². The molecule has 42 heavy (non-hydrogen) atoms. The molecule has 0 bridgehead atoms. The van der Waals surface area contributed by atoms with Gasteiger partial charge in [0.1, 0.15) is 0 Å².